The molecule has 9 aromatic carbocycles. The van der Waals surface area contributed by atoms with Crippen molar-refractivity contribution in [3.05, 3.63) is 218 Å². The number of oxazole rings is 1. The lowest BCUT2D eigenvalue weighted by atomic mass is 9.95. The summed E-state index contributed by atoms with van der Waals surface area (Å²) in [6.45, 7) is 0. The van der Waals surface area contributed by atoms with Crippen LogP contribution < -0.4 is 4.90 Å². The average Bonchev–Trinajstić information content (AvgIpc) is 3.91. The predicted octanol–water partition coefficient (Wildman–Crippen LogP) is 15.5. The third kappa shape index (κ3) is 6.34. The van der Waals surface area contributed by atoms with Crippen molar-refractivity contribution < 1.29 is 8.83 Å². The van der Waals surface area contributed by atoms with E-state index in [1.54, 1.807) is 0 Å². The second kappa shape index (κ2) is 14.5. The Bertz CT molecular complexity index is 3140. The van der Waals surface area contributed by atoms with Gasteiger partial charge in [-0.15, -0.1) is 0 Å². The van der Waals surface area contributed by atoms with Crippen LogP contribution in [-0.4, -0.2) is 4.98 Å². The van der Waals surface area contributed by atoms with Crippen LogP contribution in [-0.2, 0) is 0 Å². The summed E-state index contributed by atoms with van der Waals surface area (Å²) in [6, 6.07) is 76.6. The van der Waals surface area contributed by atoms with Crippen LogP contribution in [0.25, 0.3) is 89.0 Å². The minimum atomic E-state index is 0.597. The Hall–Kier alpha value is -7.95. The number of benzene rings is 9. The average molecular weight is 757 g/mol. The molecule has 0 saturated heterocycles. The molecule has 0 N–H and O–H groups in total. The van der Waals surface area contributed by atoms with Gasteiger partial charge in [-0.25, -0.2) is 4.98 Å². The summed E-state index contributed by atoms with van der Waals surface area (Å²) >= 11 is 0. The van der Waals surface area contributed by atoms with E-state index < -0.39 is 0 Å². The summed E-state index contributed by atoms with van der Waals surface area (Å²) in [7, 11) is 0. The van der Waals surface area contributed by atoms with Crippen LogP contribution >= 0.6 is 0 Å². The maximum Gasteiger partial charge on any atom is 0.227 e. The van der Waals surface area contributed by atoms with Crippen LogP contribution in [0.4, 0.5) is 17.1 Å². The molecule has 2 heterocycles. The van der Waals surface area contributed by atoms with Crippen molar-refractivity contribution in [3.8, 4) is 56.0 Å². The largest absolute Gasteiger partial charge is 0.455 e. The summed E-state index contributed by atoms with van der Waals surface area (Å²) in [5.41, 5.74) is 16.3. The van der Waals surface area contributed by atoms with Crippen molar-refractivity contribution >= 4 is 50.1 Å². The van der Waals surface area contributed by atoms with Gasteiger partial charge in [0.15, 0.2) is 5.58 Å². The SMILES string of the molecule is c1ccc(-c2ccc(N(c3ccc(-c4ccccc4)cc3)c3ccc(-c4cccc5c4oc4cc6nc(-c7ccccc7)oc6cc45)cc3-c3ccccc3)cc2)cc1. The fourth-order valence-corrected chi connectivity index (χ4v) is 8.19. The molecule has 4 nitrogen and oxygen atoms in total. The number of furan rings is 1. The zero-order valence-electron chi connectivity index (χ0n) is 32.0. The summed E-state index contributed by atoms with van der Waals surface area (Å²) in [6.07, 6.45) is 0. The third-order valence-corrected chi connectivity index (χ3v) is 11.1. The Balaban J connectivity index is 1.05. The van der Waals surface area contributed by atoms with Crippen molar-refractivity contribution in [1.29, 1.82) is 0 Å². The lowest BCUT2D eigenvalue weighted by Gasteiger charge is -2.29. The lowest BCUT2D eigenvalue weighted by Crippen LogP contribution is -2.11. The van der Waals surface area contributed by atoms with Crippen LogP contribution in [0.2, 0.25) is 0 Å². The van der Waals surface area contributed by atoms with Crippen LogP contribution in [0, 0.1) is 0 Å². The molecule has 0 unspecified atom stereocenters. The molecule has 4 heteroatoms. The second-order valence-corrected chi connectivity index (χ2v) is 14.7. The number of hydrogen-bond donors (Lipinski definition) is 0. The number of rotatable bonds is 8. The molecule has 0 radical (unpaired) electrons. The summed E-state index contributed by atoms with van der Waals surface area (Å²) < 4.78 is 13.0. The van der Waals surface area contributed by atoms with Crippen molar-refractivity contribution in [2.24, 2.45) is 0 Å². The van der Waals surface area contributed by atoms with Crippen LogP contribution in [0.1, 0.15) is 0 Å². The Kier molecular flexibility index (Phi) is 8.45. The zero-order valence-corrected chi connectivity index (χ0v) is 32.0. The molecule has 11 rings (SSSR count). The molecule has 0 saturated carbocycles. The molecule has 11 aromatic rings. The van der Waals surface area contributed by atoms with E-state index in [0.717, 1.165) is 77.9 Å². The first-order valence-electron chi connectivity index (χ1n) is 19.9. The number of nitrogens with zero attached hydrogens (tertiary/aromatic N) is 2. The Morgan fingerprint density at radius 2 is 0.864 bits per heavy atom. The highest BCUT2D eigenvalue weighted by molar-refractivity contribution is 6.12. The predicted molar refractivity (Wildman–Crippen MR) is 243 cm³/mol. The van der Waals surface area contributed by atoms with E-state index in [1.165, 1.54) is 22.3 Å². The van der Waals surface area contributed by atoms with Gasteiger partial charge >= 0.3 is 0 Å². The Morgan fingerprint density at radius 1 is 0.339 bits per heavy atom. The molecule has 0 aliphatic heterocycles. The molecule has 0 amide bonds. The van der Waals surface area contributed by atoms with Gasteiger partial charge in [0.2, 0.25) is 5.89 Å². The molecule has 0 atom stereocenters. The molecule has 0 aliphatic rings. The van der Waals surface area contributed by atoms with Gasteiger partial charge in [-0.1, -0.05) is 158 Å². The second-order valence-electron chi connectivity index (χ2n) is 14.7. The maximum absolute atomic E-state index is 6.73. The standard InChI is InChI=1S/C55H36N2O2/c1-5-14-37(15-6-1)39-24-29-44(30-25-39)57(45-31-26-40(27-32-45)38-16-7-2-8-17-38)51-33-28-43(34-48(51)41-18-9-3-10-19-41)46-22-13-23-47-49-35-53-50(36-52(49)58-54(46)47)56-55(59-53)42-20-11-4-12-21-42/h1-36H. The Morgan fingerprint density at radius 3 is 1.46 bits per heavy atom. The fraction of sp³-hybridized carbons (Fsp3) is 0. The summed E-state index contributed by atoms with van der Waals surface area (Å²) in [4.78, 5) is 7.18. The summed E-state index contributed by atoms with van der Waals surface area (Å²) in [5, 5.41) is 2.02. The van der Waals surface area contributed by atoms with Gasteiger partial charge in [-0.05, 0) is 88.0 Å². The van der Waals surface area contributed by atoms with E-state index in [-0.39, 0.29) is 0 Å². The number of para-hydroxylation sites is 1. The molecule has 278 valence electrons. The van der Waals surface area contributed by atoms with E-state index in [9.17, 15) is 0 Å². The van der Waals surface area contributed by atoms with E-state index >= 15 is 0 Å². The van der Waals surface area contributed by atoms with Gasteiger partial charge in [-0.2, -0.15) is 0 Å². The van der Waals surface area contributed by atoms with Crippen LogP contribution in [0.5, 0.6) is 0 Å². The van der Waals surface area contributed by atoms with Gasteiger partial charge in [0.25, 0.3) is 0 Å². The Labute approximate surface area is 341 Å². The van der Waals surface area contributed by atoms with Gasteiger partial charge < -0.3 is 13.7 Å². The van der Waals surface area contributed by atoms with Crippen molar-refractivity contribution in [1.82, 2.24) is 4.98 Å². The lowest BCUT2D eigenvalue weighted by molar-refractivity contribution is 0.620. The van der Waals surface area contributed by atoms with E-state index in [2.05, 4.69) is 187 Å². The first-order chi connectivity index (χ1) is 29.2. The maximum atomic E-state index is 6.73. The number of aromatic nitrogens is 1. The van der Waals surface area contributed by atoms with Gasteiger partial charge in [0.05, 0.1) is 5.69 Å². The first-order valence-corrected chi connectivity index (χ1v) is 19.9. The molecular weight excluding hydrogens is 721 g/mol. The highest BCUT2D eigenvalue weighted by Gasteiger charge is 2.21. The van der Waals surface area contributed by atoms with Crippen molar-refractivity contribution in [2.75, 3.05) is 4.90 Å². The first kappa shape index (κ1) is 34.3. The van der Waals surface area contributed by atoms with Gasteiger partial charge in [0.1, 0.15) is 16.7 Å². The van der Waals surface area contributed by atoms with Gasteiger partial charge in [0, 0.05) is 44.9 Å². The fourth-order valence-electron chi connectivity index (χ4n) is 8.19. The number of anilines is 3. The highest BCUT2D eigenvalue weighted by Crippen LogP contribution is 2.45. The molecule has 0 fully saturated rings. The van der Waals surface area contributed by atoms with Gasteiger partial charge in [-0.3, -0.25) is 0 Å². The van der Waals surface area contributed by atoms with Crippen LogP contribution in [0.15, 0.2) is 227 Å². The van der Waals surface area contributed by atoms with Crippen molar-refractivity contribution in [2.45, 2.75) is 0 Å². The zero-order chi connectivity index (χ0) is 39.1. The molecule has 2 aromatic heterocycles. The van der Waals surface area contributed by atoms with Crippen molar-refractivity contribution in [3.63, 3.8) is 0 Å². The normalized spacial score (nSPS) is 11.4. The quantitative estimate of drug-likeness (QED) is 0.155. The summed E-state index contributed by atoms with van der Waals surface area (Å²) in [5.74, 6) is 0.597. The van der Waals surface area contributed by atoms with E-state index in [1.807, 2.05) is 36.4 Å². The monoisotopic (exact) mass is 756 g/mol. The third-order valence-electron chi connectivity index (χ3n) is 11.1. The molecule has 0 spiro atoms. The smallest absolute Gasteiger partial charge is 0.227 e. The van der Waals surface area contributed by atoms with E-state index in [4.69, 9.17) is 13.8 Å². The van der Waals surface area contributed by atoms with Crippen LogP contribution in [0.3, 0.4) is 0 Å². The number of fused-ring (bicyclic) bond motifs is 4. The minimum Gasteiger partial charge on any atom is -0.455 e. The molecule has 59 heavy (non-hydrogen) atoms. The minimum absolute atomic E-state index is 0.597. The highest BCUT2D eigenvalue weighted by atomic mass is 16.4. The molecule has 0 aliphatic carbocycles. The number of hydrogen-bond acceptors (Lipinski definition) is 4. The molecular formula is C55H36N2O2. The topological polar surface area (TPSA) is 42.4 Å². The van der Waals surface area contributed by atoms with E-state index in [0.29, 0.717) is 5.89 Å². The molecule has 0 bridgehead atoms.